The maximum Gasteiger partial charge on any atom is 0.256 e. The van der Waals surface area contributed by atoms with E-state index in [2.05, 4.69) is 27.8 Å². The first-order valence-electron chi connectivity index (χ1n) is 7.20. The molecule has 1 heterocycles. The molecule has 1 atom stereocenters. The molecule has 128 valence electrons. The molecule has 0 bridgehead atoms. The molecule has 1 aliphatic rings. The first kappa shape index (κ1) is 18.8. The van der Waals surface area contributed by atoms with Crippen molar-refractivity contribution < 1.29 is 18.3 Å². The summed E-state index contributed by atoms with van der Waals surface area (Å²) < 4.78 is 31.8. The maximum atomic E-state index is 12.8. The van der Waals surface area contributed by atoms with E-state index in [-0.39, 0.29) is 6.61 Å². The molecule has 0 radical (unpaired) electrons. The number of carbonyl (C=O) groups excluding carboxylic acids is 1. The van der Waals surface area contributed by atoms with Gasteiger partial charge in [-0.3, -0.25) is 4.79 Å². The molecule has 0 aliphatic carbocycles. The van der Waals surface area contributed by atoms with E-state index in [1.807, 2.05) is 0 Å². The van der Waals surface area contributed by atoms with Crippen LogP contribution in [0.5, 0.6) is 5.75 Å². The SMILES string of the molecule is CC#CCOc1ccc(C2=CCC(Cl)C(=O)N2CC(F)F)c(Br)c1. The Morgan fingerprint density at radius 2 is 2.25 bits per heavy atom. The number of alkyl halides is 3. The Hall–Kier alpha value is -1.58. The molecule has 0 fully saturated rings. The molecule has 0 saturated carbocycles. The van der Waals surface area contributed by atoms with Crippen LogP contribution in [-0.4, -0.2) is 35.8 Å². The van der Waals surface area contributed by atoms with Gasteiger partial charge in [0.05, 0.1) is 6.54 Å². The van der Waals surface area contributed by atoms with E-state index in [0.29, 0.717) is 27.9 Å². The van der Waals surface area contributed by atoms with Gasteiger partial charge in [0.25, 0.3) is 6.43 Å². The summed E-state index contributed by atoms with van der Waals surface area (Å²) >= 11 is 9.31. The van der Waals surface area contributed by atoms with Crippen molar-refractivity contribution in [1.82, 2.24) is 4.90 Å². The van der Waals surface area contributed by atoms with Crippen molar-refractivity contribution in [2.24, 2.45) is 0 Å². The Morgan fingerprint density at radius 3 is 2.88 bits per heavy atom. The monoisotopic (exact) mass is 417 g/mol. The lowest BCUT2D eigenvalue weighted by molar-refractivity contribution is -0.129. The minimum Gasteiger partial charge on any atom is -0.481 e. The molecule has 7 heteroatoms. The third-order valence-corrected chi connectivity index (χ3v) is 4.39. The van der Waals surface area contributed by atoms with Crippen LogP contribution < -0.4 is 4.74 Å². The summed E-state index contributed by atoms with van der Waals surface area (Å²) in [6.45, 7) is 1.29. The first-order chi connectivity index (χ1) is 11.4. The van der Waals surface area contributed by atoms with Crippen molar-refractivity contribution in [2.75, 3.05) is 13.2 Å². The van der Waals surface area contributed by atoms with E-state index >= 15 is 0 Å². The molecule has 1 aromatic carbocycles. The van der Waals surface area contributed by atoms with Crippen LogP contribution in [0.15, 0.2) is 28.7 Å². The zero-order valence-corrected chi connectivity index (χ0v) is 15.2. The summed E-state index contributed by atoms with van der Waals surface area (Å²) in [6.07, 6.45) is -0.648. The molecule has 2 rings (SSSR count). The zero-order valence-electron chi connectivity index (χ0n) is 12.9. The van der Waals surface area contributed by atoms with Gasteiger partial charge in [-0.15, -0.1) is 17.5 Å². The molecule has 3 nitrogen and oxygen atoms in total. The number of halogens is 4. The van der Waals surface area contributed by atoms with Gasteiger partial charge in [-0.2, -0.15) is 0 Å². The molecule has 24 heavy (non-hydrogen) atoms. The normalized spacial score (nSPS) is 17.4. The van der Waals surface area contributed by atoms with Gasteiger partial charge in [0.1, 0.15) is 17.7 Å². The van der Waals surface area contributed by atoms with Gasteiger partial charge >= 0.3 is 0 Å². The highest BCUT2D eigenvalue weighted by molar-refractivity contribution is 9.10. The van der Waals surface area contributed by atoms with E-state index in [9.17, 15) is 13.6 Å². The second kappa shape index (κ2) is 8.50. The Kier molecular flexibility index (Phi) is 6.64. The van der Waals surface area contributed by atoms with Crippen molar-refractivity contribution >= 4 is 39.1 Å². The van der Waals surface area contributed by atoms with Gasteiger partial charge in [-0.05, 0) is 47.5 Å². The molecule has 0 spiro atoms. The number of allylic oxidation sites excluding steroid dienone is 1. The van der Waals surface area contributed by atoms with Gasteiger partial charge in [0.15, 0.2) is 0 Å². The second-order valence-corrected chi connectivity index (χ2v) is 6.37. The van der Waals surface area contributed by atoms with E-state index in [0.717, 1.165) is 4.90 Å². The van der Waals surface area contributed by atoms with Crippen molar-refractivity contribution in [3.8, 4) is 17.6 Å². The molecular weight excluding hydrogens is 404 g/mol. The fourth-order valence-electron chi connectivity index (χ4n) is 2.28. The summed E-state index contributed by atoms with van der Waals surface area (Å²) in [4.78, 5) is 13.2. The zero-order chi connectivity index (χ0) is 17.7. The van der Waals surface area contributed by atoms with Crippen LogP contribution >= 0.6 is 27.5 Å². The van der Waals surface area contributed by atoms with Crippen LogP contribution in [0.3, 0.4) is 0 Å². The van der Waals surface area contributed by atoms with Crippen molar-refractivity contribution in [3.05, 3.63) is 34.3 Å². The average molecular weight is 419 g/mol. The number of nitrogens with zero attached hydrogens (tertiary/aromatic N) is 1. The predicted molar refractivity (Wildman–Crippen MR) is 93.0 cm³/mol. The van der Waals surface area contributed by atoms with Crippen LogP contribution in [0.2, 0.25) is 0 Å². The summed E-state index contributed by atoms with van der Waals surface area (Å²) in [5.74, 6) is 5.58. The second-order valence-electron chi connectivity index (χ2n) is 4.99. The smallest absolute Gasteiger partial charge is 0.256 e. The molecule has 1 unspecified atom stereocenters. The molecular formula is C17H15BrClF2NO2. The highest BCUT2D eigenvalue weighted by Crippen LogP contribution is 2.34. The van der Waals surface area contributed by atoms with E-state index in [1.54, 1.807) is 31.2 Å². The average Bonchev–Trinajstić information content (AvgIpc) is 2.53. The predicted octanol–water partition coefficient (Wildman–Crippen LogP) is 4.30. The first-order valence-corrected chi connectivity index (χ1v) is 8.43. The number of hydrogen-bond donors (Lipinski definition) is 0. The largest absolute Gasteiger partial charge is 0.481 e. The Labute approximate surface area is 152 Å². The van der Waals surface area contributed by atoms with Crippen molar-refractivity contribution in [2.45, 2.75) is 25.1 Å². The van der Waals surface area contributed by atoms with E-state index in [1.165, 1.54) is 0 Å². The molecule has 1 aromatic rings. The van der Waals surface area contributed by atoms with Gasteiger partial charge < -0.3 is 9.64 Å². The quantitative estimate of drug-likeness (QED) is 0.527. The number of benzene rings is 1. The van der Waals surface area contributed by atoms with Gasteiger partial charge in [-0.1, -0.05) is 12.0 Å². The standard InChI is InChI=1S/C17H15BrClF2NO2/c1-2-3-8-24-11-4-5-12(13(18)9-11)15-7-6-14(19)17(23)22(15)10-16(20)21/h4-5,7,9,14,16H,6,8,10H2,1H3. The van der Waals surface area contributed by atoms with Gasteiger partial charge in [0, 0.05) is 15.7 Å². The Morgan fingerprint density at radius 1 is 1.50 bits per heavy atom. The number of hydrogen-bond acceptors (Lipinski definition) is 2. The summed E-state index contributed by atoms with van der Waals surface area (Å²) in [7, 11) is 0. The van der Waals surface area contributed by atoms with Crippen LogP contribution in [0.4, 0.5) is 8.78 Å². The molecule has 0 aromatic heterocycles. The summed E-state index contributed by atoms with van der Waals surface area (Å²) in [5, 5.41) is -0.818. The number of amides is 1. The Bertz CT molecular complexity index is 712. The lowest BCUT2D eigenvalue weighted by atomic mass is 10.0. The number of rotatable bonds is 5. The molecule has 0 N–H and O–H groups in total. The highest BCUT2D eigenvalue weighted by atomic mass is 79.9. The third kappa shape index (κ3) is 4.49. The van der Waals surface area contributed by atoms with E-state index < -0.39 is 24.3 Å². The van der Waals surface area contributed by atoms with Crippen LogP contribution in [0.25, 0.3) is 5.70 Å². The van der Waals surface area contributed by atoms with Crippen molar-refractivity contribution in [1.29, 1.82) is 0 Å². The topological polar surface area (TPSA) is 29.5 Å². The van der Waals surface area contributed by atoms with Crippen LogP contribution in [0, 0.1) is 11.8 Å². The lowest BCUT2D eigenvalue weighted by Gasteiger charge is -2.31. The minimum atomic E-state index is -2.65. The van der Waals surface area contributed by atoms with Crippen LogP contribution in [0.1, 0.15) is 18.9 Å². The van der Waals surface area contributed by atoms with Gasteiger partial charge in [0.2, 0.25) is 5.91 Å². The van der Waals surface area contributed by atoms with Gasteiger partial charge in [-0.25, -0.2) is 8.78 Å². The minimum absolute atomic E-state index is 0.259. The molecule has 0 saturated heterocycles. The highest BCUT2D eigenvalue weighted by Gasteiger charge is 2.32. The summed E-state index contributed by atoms with van der Waals surface area (Å²) in [5.41, 5.74) is 1.05. The van der Waals surface area contributed by atoms with Crippen molar-refractivity contribution in [3.63, 3.8) is 0 Å². The van der Waals surface area contributed by atoms with Crippen LogP contribution in [-0.2, 0) is 4.79 Å². The third-order valence-electron chi connectivity index (χ3n) is 3.37. The maximum absolute atomic E-state index is 12.8. The number of carbonyl (C=O) groups is 1. The summed E-state index contributed by atoms with van der Waals surface area (Å²) in [6, 6.07) is 5.13. The fraction of sp³-hybridized carbons (Fsp3) is 0.353. The lowest BCUT2D eigenvalue weighted by Crippen LogP contribution is -2.41. The Balaban J connectivity index is 2.30. The van der Waals surface area contributed by atoms with E-state index in [4.69, 9.17) is 16.3 Å². The number of ether oxygens (including phenoxy) is 1. The molecule has 1 aliphatic heterocycles. The fourth-order valence-corrected chi connectivity index (χ4v) is 3.05. The molecule has 1 amide bonds.